The van der Waals surface area contributed by atoms with Crippen LogP contribution in [0.15, 0.2) is 18.2 Å². The molecule has 0 bridgehead atoms. The minimum absolute atomic E-state index is 0.204. The summed E-state index contributed by atoms with van der Waals surface area (Å²) in [4.78, 5) is 11.9. The summed E-state index contributed by atoms with van der Waals surface area (Å²) in [7, 11) is 1.49. The van der Waals surface area contributed by atoms with Gasteiger partial charge in [0, 0.05) is 23.9 Å². The molecule has 21 heavy (non-hydrogen) atoms. The highest BCUT2D eigenvalue weighted by Gasteiger charge is 2.24. The van der Waals surface area contributed by atoms with E-state index in [-0.39, 0.29) is 24.4 Å². The molecule has 6 heteroatoms. The second kappa shape index (κ2) is 7.54. The van der Waals surface area contributed by atoms with Crippen LogP contribution in [-0.2, 0) is 6.54 Å². The number of hydrogen-bond donors (Lipinski definition) is 2. The van der Waals surface area contributed by atoms with Gasteiger partial charge in [0.15, 0.2) is 0 Å². The first-order valence-corrected chi connectivity index (χ1v) is 8.30. The van der Waals surface area contributed by atoms with Crippen LogP contribution in [0.4, 0.5) is 9.18 Å². The quantitative estimate of drug-likeness (QED) is 0.879. The largest absolute Gasteiger partial charge is 0.497 e. The van der Waals surface area contributed by atoms with Crippen LogP contribution in [0.5, 0.6) is 5.75 Å². The molecule has 0 spiro atoms. The van der Waals surface area contributed by atoms with E-state index in [2.05, 4.69) is 16.9 Å². The van der Waals surface area contributed by atoms with Crippen molar-refractivity contribution in [1.29, 1.82) is 0 Å². The van der Waals surface area contributed by atoms with Gasteiger partial charge in [-0.25, -0.2) is 9.18 Å². The van der Waals surface area contributed by atoms with E-state index in [1.165, 1.54) is 19.2 Å². The van der Waals surface area contributed by atoms with Crippen molar-refractivity contribution < 1.29 is 13.9 Å². The lowest BCUT2D eigenvalue weighted by Crippen LogP contribution is -2.40. The van der Waals surface area contributed by atoms with E-state index in [9.17, 15) is 9.18 Å². The lowest BCUT2D eigenvalue weighted by molar-refractivity contribution is 0.236. The Hall–Kier alpha value is -1.43. The van der Waals surface area contributed by atoms with Crippen molar-refractivity contribution in [1.82, 2.24) is 10.6 Å². The Labute approximate surface area is 128 Å². The molecular formula is C15H21FN2O2S. The average Bonchev–Trinajstić information content (AvgIpc) is 2.92. The van der Waals surface area contributed by atoms with Crippen LogP contribution in [0.1, 0.15) is 24.8 Å². The van der Waals surface area contributed by atoms with Crippen LogP contribution >= 0.6 is 11.8 Å². The topological polar surface area (TPSA) is 50.4 Å². The van der Waals surface area contributed by atoms with Gasteiger partial charge in [0.05, 0.1) is 7.11 Å². The molecule has 1 aromatic rings. The fraction of sp³-hybridized carbons (Fsp3) is 0.533. The summed E-state index contributed by atoms with van der Waals surface area (Å²) in [6, 6.07) is 4.45. The Morgan fingerprint density at radius 3 is 2.90 bits per heavy atom. The summed E-state index contributed by atoms with van der Waals surface area (Å²) < 4.78 is 18.3. The van der Waals surface area contributed by atoms with Gasteiger partial charge in [-0.1, -0.05) is 0 Å². The SMILES string of the molecule is COc1cc(F)cc(CNC(=O)NC2CCC(SC)C2)c1. The summed E-state index contributed by atoms with van der Waals surface area (Å²) in [5, 5.41) is 6.37. The molecule has 0 radical (unpaired) electrons. The molecule has 1 aliphatic carbocycles. The monoisotopic (exact) mass is 312 g/mol. The van der Waals surface area contributed by atoms with Crippen molar-refractivity contribution >= 4 is 17.8 Å². The highest BCUT2D eigenvalue weighted by Crippen LogP contribution is 2.28. The summed E-state index contributed by atoms with van der Waals surface area (Å²) in [5.41, 5.74) is 0.676. The Morgan fingerprint density at radius 1 is 1.43 bits per heavy atom. The Morgan fingerprint density at radius 2 is 2.24 bits per heavy atom. The summed E-state index contributed by atoms with van der Waals surface area (Å²) >= 11 is 1.85. The van der Waals surface area contributed by atoms with E-state index in [1.54, 1.807) is 6.07 Å². The Bertz CT molecular complexity index is 499. The smallest absolute Gasteiger partial charge is 0.315 e. The molecule has 0 aliphatic heterocycles. The van der Waals surface area contributed by atoms with Crippen LogP contribution < -0.4 is 15.4 Å². The maximum Gasteiger partial charge on any atom is 0.315 e. The fourth-order valence-corrected chi connectivity index (χ4v) is 3.34. The molecule has 2 rings (SSSR count). The molecule has 2 unspecified atom stereocenters. The Kier molecular flexibility index (Phi) is 5.73. The van der Waals surface area contributed by atoms with Crippen LogP contribution in [0.2, 0.25) is 0 Å². The number of hydrogen-bond acceptors (Lipinski definition) is 3. The van der Waals surface area contributed by atoms with Crippen LogP contribution in [-0.4, -0.2) is 30.7 Å². The molecule has 1 saturated carbocycles. The van der Waals surface area contributed by atoms with Crippen LogP contribution in [0.3, 0.4) is 0 Å². The number of carbonyl (C=O) groups is 1. The minimum Gasteiger partial charge on any atom is -0.497 e. The molecule has 1 aliphatic rings. The lowest BCUT2D eigenvalue weighted by Gasteiger charge is -2.14. The second-order valence-electron chi connectivity index (χ2n) is 5.19. The molecule has 0 heterocycles. The maximum absolute atomic E-state index is 13.3. The summed E-state index contributed by atoms with van der Waals surface area (Å²) in [6.07, 6.45) is 5.28. The van der Waals surface area contributed by atoms with Crippen LogP contribution in [0, 0.1) is 5.82 Å². The highest BCUT2D eigenvalue weighted by molar-refractivity contribution is 7.99. The zero-order chi connectivity index (χ0) is 15.2. The molecule has 1 aromatic carbocycles. The normalized spacial score (nSPS) is 21.1. The number of ether oxygens (including phenoxy) is 1. The van der Waals surface area contributed by atoms with E-state index in [0.717, 1.165) is 19.3 Å². The number of nitrogens with one attached hydrogen (secondary N) is 2. The summed E-state index contributed by atoms with van der Waals surface area (Å²) in [6.45, 7) is 0.276. The van der Waals surface area contributed by atoms with E-state index >= 15 is 0 Å². The molecule has 2 amide bonds. The number of halogens is 1. The van der Waals surface area contributed by atoms with Gasteiger partial charge in [-0.05, 0) is 43.2 Å². The van der Waals surface area contributed by atoms with Gasteiger partial charge in [-0.3, -0.25) is 0 Å². The number of amides is 2. The molecule has 0 aromatic heterocycles. The lowest BCUT2D eigenvalue weighted by atomic mass is 10.2. The highest BCUT2D eigenvalue weighted by atomic mass is 32.2. The third kappa shape index (κ3) is 4.81. The van der Waals surface area contributed by atoms with E-state index in [4.69, 9.17) is 4.74 Å². The molecule has 116 valence electrons. The van der Waals surface area contributed by atoms with Gasteiger partial charge in [0.25, 0.3) is 0 Å². The average molecular weight is 312 g/mol. The van der Waals surface area contributed by atoms with Gasteiger partial charge < -0.3 is 15.4 Å². The number of thioether (sulfide) groups is 1. The van der Waals surface area contributed by atoms with Crippen LogP contribution in [0.25, 0.3) is 0 Å². The van der Waals surface area contributed by atoms with Crippen molar-refractivity contribution in [2.45, 2.75) is 37.1 Å². The van der Waals surface area contributed by atoms with Gasteiger partial charge in [0.2, 0.25) is 0 Å². The third-order valence-corrected chi connectivity index (χ3v) is 4.77. The van der Waals surface area contributed by atoms with Crippen molar-refractivity contribution in [2.24, 2.45) is 0 Å². The zero-order valence-electron chi connectivity index (χ0n) is 12.3. The predicted molar refractivity (Wildman–Crippen MR) is 83.3 cm³/mol. The number of rotatable bonds is 5. The molecular weight excluding hydrogens is 291 g/mol. The van der Waals surface area contributed by atoms with Crippen molar-refractivity contribution in [3.8, 4) is 5.75 Å². The number of carbonyl (C=O) groups excluding carboxylic acids is 1. The zero-order valence-corrected chi connectivity index (χ0v) is 13.1. The number of methoxy groups -OCH3 is 1. The first kappa shape index (κ1) is 15.9. The van der Waals surface area contributed by atoms with Gasteiger partial charge in [-0.15, -0.1) is 0 Å². The minimum atomic E-state index is -0.370. The molecule has 4 nitrogen and oxygen atoms in total. The summed E-state index contributed by atoms with van der Waals surface area (Å²) in [5.74, 6) is 0.0796. The van der Waals surface area contributed by atoms with Gasteiger partial charge >= 0.3 is 6.03 Å². The standard InChI is InChI=1S/C15H21FN2O2S/c1-20-13-6-10(5-11(16)7-13)9-17-15(19)18-12-3-4-14(8-12)21-2/h5-7,12,14H,3-4,8-9H2,1-2H3,(H2,17,18,19). The van der Waals surface area contributed by atoms with E-state index < -0.39 is 0 Å². The molecule has 2 N–H and O–H groups in total. The molecule has 2 atom stereocenters. The van der Waals surface area contributed by atoms with Crippen molar-refractivity contribution in [2.75, 3.05) is 13.4 Å². The Balaban J connectivity index is 1.80. The predicted octanol–water partition coefficient (Wildman–Crippen LogP) is 2.92. The third-order valence-electron chi connectivity index (χ3n) is 3.67. The fourth-order valence-electron chi connectivity index (χ4n) is 2.54. The van der Waals surface area contributed by atoms with Gasteiger partial charge in [0.1, 0.15) is 11.6 Å². The molecule has 0 saturated heterocycles. The molecule has 1 fully saturated rings. The maximum atomic E-state index is 13.3. The number of urea groups is 1. The first-order chi connectivity index (χ1) is 10.1. The first-order valence-electron chi connectivity index (χ1n) is 7.01. The van der Waals surface area contributed by atoms with E-state index in [1.807, 2.05) is 11.8 Å². The van der Waals surface area contributed by atoms with Crippen molar-refractivity contribution in [3.63, 3.8) is 0 Å². The van der Waals surface area contributed by atoms with E-state index in [0.29, 0.717) is 16.6 Å². The van der Waals surface area contributed by atoms with Crippen molar-refractivity contribution in [3.05, 3.63) is 29.6 Å². The second-order valence-corrected chi connectivity index (χ2v) is 6.33. The number of benzene rings is 1. The van der Waals surface area contributed by atoms with Gasteiger partial charge in [-0.2, -0.15) is 11.8 Å².